The number of hydrogen-bond donors (Lipinski definition) is 0. The van der Waals surface area contributed by atoms with E-state index in [-0.39, 0.29) is 0 Å². The van der Waals surface area contributed by atoms with E-state index in [1.807, 2.05) is 48.5 Å². The van der Waals surface area contributed by atoms with Gasteiger partial charge >= 0.3 is 0 Å². The Morgan fingerprint density at radius 1 is 0.472 bits per heavy atom. The summed E-state index contributed by atoms with van der Waals surface area (Å²) >= 11 is 3.49. The largest absolute Gasteiger partial charge is 0.192 e. The van der Waals surface area contributed by atoms with Crippen LogP contribution in [0.2, 0.25) is 0 Å². The van der Waals surface area contributed by atoms with Gasteiger partial charge in [0, 0.05) is 5.33 Å². The molecule has 0 saturated carbocycles. The van der Waals surface area contributed by atoms with Crippen LogP contribution in [-0.4, -0.2) is 0 Å². The van der Waals surface area contributed by atoms with E-state index in [1.54, 1.807) is 0 Å². The fraction of sp³-hybridized carbons (Fsp3) is 0.0303. The molecule has 0 spiro atoms. The van der Waals surface area contributed by atoms with Crippen molar-refractivity contribution in [2.45, 2.75) is 5.33 Å². The summed E-state index contributed by atoms with van der Waals surface area (Å²) in [6, 6.07) is 34.3. The van der Waals surface area contributed by atoms with Crippen LogP contribution < -0.4 is 0 Å². The van der Waals surface area contributed by atoms with Crippen LogP contribution in [0.1, 0.15) is 50.1 Å². The minimum Gasteiger partial charge on any atom is -0.192 e. The molecule has 0 aliphatic rings. The summed E-state index contributed by atoms with van der Waals surface area (Å²) in [5.41, 5.74) is 9.03. The normalized spacial score (nSPS) is 11.2. The quantitative estimate of drug-likeness (QED) is 0.178. The van der Waals surface area contributed by atoms with Gasteiger partial charge in [-0.2, -0.15) is 10.5 Å². The Bertz CT molecular complexity index is 1410. The molecule has 0 amide bonds. The lowest BCUT2D eigenvalue weighted by Crippen LogP contribution is -1.83. The predicted octanol–water partition coefficient (Wildman–Crippen LogP) is 8.84. The lowest BCUT2D eigenvalue weighted by Gasteiger charge is -2.04. The molecule has 3 heteroatoms. The van der Waals surface area contributed by atoms with E-state index < -0.39 is 0 Å². The Hall–Kier alpha value is -4.44. The van der Waals surface area contributed by atoms with Crippen molar-refractivity contribution in [3.63, 3.8) is 0 Å². The van der Waals surface area contributed by atoms with Gasteiger partial charge in [-0.3, -0.25) is 0 Å². The summed E-state index contributed by atoms with van der Waals surface area (Å²) in [7, 11) is 0. The molecule has 0 N–H and O–H groups in total. The summed E-state index contributed by atoms with van der Waals surface area (Å²) in [6.07, 6.45) is 12.5. The maximum Gasteiger partial charge on any atom is 0.0991 e. The molecule has 0 aliphatic carbocycles. The summed E-state index contributed by atoms with van der Waals surface area (Å²) in [4.78, 5) is 0. The van der Waals surface area contributed by atoms with Gasteiger partial charge in [0.15, 0.2) is 0 Å². The van der Waals surface area contributed by atoms with Gasteiger partial charge in [0.05, 0.1) is 23.3 Å². The molecule has 172 valence electrons. The highest BCUT2D eigenvalue weighted by atomic mass is 79.9. The molecular weight excluding hydrogens is 504 g/mol. The van der Waals surface area contributed by atoms with E-state index >= 15 is 0 Å². The van der Waals surface area contributed by atoms with Crippen LogP contribution in [0.25, 0.3) is 36.5 Å². The summed E-state index contributed by atoms with van der Waals surface area (Å²) in [5.74, 6) is 0. The Balaban J connectivity index is 1.63. The molecule has 36 heavy (non-hydrogen) atoms. The number of halogens is 1. The third-order valence-corrected chi connectivity index (χ3v) is 6.27. The molecule has 0 saturated heterocycles. The van der Waals surface area contributed by atoms with Crippen LogP contribution in [-0.2, 0) is 5.33 Å². The standard InChI is InChI=1S/C33H23BrN2/c34-22-28-10-1-25(2-11-28)7-16-31-19-32(17-8-26-3-12-29(23-35)13-4-26)21-33(20-31)18-9-27-5-14-30(24-36)15-6-27/h1-21H,22H2/b16-7+,17-8+,18-9+. The van der Waals surface area contributed by atoms with Crippen LogP contribution in [0.15, 0.2) is 91.0 Å². The Morgan fingerprint density at radius 3 is 1.08 bits per heavy atom. The highest BCUT2D eigenvalue weighted by Crippen LogP contribution is 2.19. The number of nitriles is 2. The first-order valence-corrected chi connectivity index (χ1v) is 12.6. The molecule has 0 aliphatic heterocycles. The van der Waals surface area contributed by atoms with Crippen molar-refractivity contribution in [3.8, 4) is 12.1 Å². The summed E-state index contributed by atoms with van der Waals surface area (Å²) < 4.78 is 0. The Kier molecular flexibility index (Phi) is 8.44. The van der Waals surface area contributed by atoms with E-state index in [2.05, 4.69) is 107 Å². The second-order valence-electron chi connectivity index (χ2n) is 8.28. The molecule has 4 aromatic rings. The lowest BCUT2D eigenvalue weighted by molar-refractivity contribution is 1.43. The van der Waals surface area contributed by atoms with Crippen molar-refractivity contribution in [2.75, 3.05) is 0 Å². The highest BCUT2D eigenvalue weighted by molar-refractivity contribution is 9.08. The molecule has 0 heterocycles. The van der Waals surface area contributed by atoms with Crippen molar-refractivity contribution in [1.82, 2.24) is 0 Å². The van der Waals surface area contributed by atoms with E-state index in [4.69, 9.17) is 10.5 Å². The Morgan fingerprint density at radius 2 is 0.778 bits per heavy atom. The van der Waals surface area contributed by atoms with Gasteiger partial charge in [0.2, 0.25) is 0 Å². The van der Waals surface area contributed by atoms with E-state index in [1.165, 1.54) is 5.56 Å². The predicted molar refractivity (Wildman–Crippen MR) is 155 cm³/mol. The van der Waals surface area contributed by atoms with Crippen molar-refractivity contribution in [3.05, 3.63) is 141 Å². The van der Waals surface area contributed by atoms with Crippen molar-refractivity contribution in [1.29, 1.82) is 10.5 Å². The first-order chi connectivity index (χ1) is 17.6. The SMILES string of the molecule is N#Cc1ccc(/C=C/c2cc(/C=C/c3ccc(C#N)cc3)cc(/C=C/c3ccc(CBr)cc3)c2)cc1. The van der Waals surface area contributed by atoms with Gasteiger partial charge in [-0.15, -0.1) is 0 Å². The van der Waals surface area contributed by atoms with Gasteiger partial charge in [-0.25, -0.2) is 0 Å². The van der Waals surface area contributed by atoms with Gasteiger partial charge in [-0.1, -0.05) is 101 Å². The smallest absolute Gasteiger partial charge is 0.0991 e. The number of nitrogens with zero attached hydrogens (tertiary/aromatic N) is 2. The second kappa shape index (κ2) is 12.3. The molecular formula is C33H23BrN2. The molecule has 4 aromatic carbocycles. The average Bonchev–Trinajstić information content (AvgIpc) is 2.94. The molecule has 4 rings (SSSR count). The zero-order valence-corrected chi connectivity index (χ0v) is 21.2. The van der Waals surface area contributed by atoms with Crippen molar-refractivity contribution < 1.29 is 0 Å². The number of rotatable bonds is 7. The van der Waals surface area contributed by atoms with Gasteiger partial charge in [0.25, 0.3) is 0 Å². The third-order valence-electron chi connectivity index (χ3n) is 5.62. The van der Waals surface area contributed by atoms with Gasteiger partial charge < -0.3 is 0 Å². The monoisotopic (exact) mass is 526 g/mol. The number of benzene rings is 4. The van der Waals surface area contributed by atoms with Crippen LogP contribution in [0.5, 0.6) is 0 Å². The van der Waals surface area contributed by atoms with Crippen molar-refractivity contribution >= 4 is 52.4 Å². The fourth-order valence-electron chi connectivity index (χ4n) is 3.62. The average molecular weight is 527 g/mol. The zero-order valence-electron chi connectivity index (χ0n) is 19.6. The molecule has 0 atom stereocenters. The topological polar surface area (TPSA) is 47.6 Å². The van der Waals surface area contributed by atoms with Crippen LogP contribution in [0.4, 0.5) is 0 Å². The first kappa shape index (κ1) is 24.7. The van der Waals surface area contributed by atoms with Gasteiger partial charge in [0.1, 0.15) is 0 Å². The molecule has 2 nitrogen and oxygen atoms in total. The van der Waals surface area contributed by atoms with E-state index in [0.29, 0.717) is 11.1 Å². The van der Waals surface area contributed by atoms with Crippen LogP contribution >= 0.6 is 15.9 Å². The zero-order chi connectivity index (χ0) is 25.2. The fourth-order valence-corrected chi connectivity index (χ4v) is 4.00. The minimum absolute atomic E-state index is 0.652. The molecule has 0 fully saturated rings. The molecule has 0 radical (unpaired) electrons. The molecule has 0 aromatic heterocycles. The van der Waals surface area contributed by atoms with Crippen molar-refractivity contribution in [2.24, 2.45) is 0 Å². The van der Waals surface area contributed by atoms with Gasteiger partial charge in [-0.05, 0) is 81.4 Å². The first-order valence-electron chi connectivity index (χ1n) is 11.5. The maximum absolute atomic E-state index is 9.02. The summed E-state index contributed by atoms with van der Waals surface area (Å²) in [5, 5.41) is 18.9. The van der Waals surface area contributed by atoms with Crippen LogP contribution in [0.3, 0.4) is 0 Å². The number of hydrogen-bond acceptors (Lipinski definition) is 2. The van der Waals surface area contributed by atoms with Crippen LogP contribution in [0, 0.1) is 22.7 Å². The summed E-state index contributed by atoms with van der Waals surface area (Å²) in [6.45, 7) is 0. The number of alkyl halides is 1. The van der Waals surface area contributed by atoms with E-state index in [9.17, 15) is 0 Å². The maximum atomic E-state index is 9.02. The van der Waals surface area contributed by atoms with E-state index in [0.717, 1.165) is 38.7 Å². The molecule has 0 unspecified atom stereocenters. The highest BCUT2D eigenvalue weighted by Gasteiger charge is 1.98. The molecule has 0 bridgehead atoms. The lowest BCUT2D eigenvalue weighted by atomic mass is 10.0. The minimum atomic E-state index is 0.652. The Labute approximate surface area is 220 Å². The second-order valence-corrected chi connectivity index (χ2v) is 8.84. The third kappa shape index (κ3) is 7.03.